The molecule has 0 aliphatic heterocycles. The Labute approximate surface area is 83.3 Å². The molecular formula is C11H15FO2. The van der Waals surface area contributed by atoms with Crippen LogP contribution in [0.4, 0.5) is 4.39 Å². The zero-order chi connectivity index (χ0) is 10.6. The van der Waals surface area contributed by atoms with E-state index in [-0.39, 0.29) is 5.82 Å². The van der Waals surface area contributed by atoms with Crippen molar-refractivity contribution in [3.63, 3.8) is 0 Å². The molecule has 0 saturated heterocycles. The van der Waals surface area contributed by atoms with Crippen molar-refractivity contribution in [2.75, 3.05) is 7.11 Å². The van der Waals surface area contributed by atoms with Crippen molar-refractivity contribution < 1.29 is 14.2 Å². The second-order valence-corrected chi connectivity index (χ2v) is 3.19. The smallest absolute Gasteiger partial charge is 0.124 e. The number of aliphatic hydroxyl groups excluding tert-OH is 1. The van der Waals surface area contributed by atoms with Crippen LogP contribution in [0.15, 0.2) is 18.2 Å². The Morgan fingerprint density at radius 3 is 2.79 bits per heavy atom. The normalized spacial score (nSPS) is 12.6. The van der Waals surface area contributed by atoms with Crippen LogP contribution < -0.4 is 4.74 Å². The maximum absolute atomic E-state index is 12.9. The van der Waals surface area contributed by atoms with E-state index >= 15 is 0 Å². The summed E-state index contributed by atoms with van der Waals surface area (Å²) in [6, 6.07) is 4.17. The van der Waals surface area contributed by atoms with Crippen LogP contribution in [-0.4, -0.2) is 12.2 Å². The van der Waals surface area contributed by atoms with Gasteiger partial charge < -0.3 is 9.84 Å². The fourth-order valence-corrected chi connectivity index (χ4v) is 1.39. The van der Waals surface area contributed by atoms with Gasteiger partial charge in [0.2, 0.25) is 0 Å². The van der Waals surface area contributed by atoms with E-state index in [1.165, 1.54) is 25.3 Å². The van der Waals surface area contributed by atoms with Crippen LogP contribution in [0.2, 0.25) is 0 Å². The predicted molar refractivity (Wildman–Crippen MR) is 52.8 cm³/mol. The second-order valence-electron chi connectivity index (χ2n) is 3.19. The number of hydrogen-bond donors (Lipinski definition) is 1. The fraction of sp³-hybridized carbons (Fsp3) is 0.455. The van der Waals surface area contributed by atoms with Crippen molar-refractivity contribution in [1.29, 1.82) is 0 Å². The SMILES string of the molecule is CCCC(O)c1cc(F)ccc1OC. The summed E-state index contributed by atoms with van der Waals surface area (Å²) in [4.78, 5) is 0. The zero-order valence-electron chi connectivity index (χ0n) is 8.46. The Morgan fingerprint density at radius 2 is 2.21 bits per heavy atom. The monoisotopic (exact) mass is 198 g/mol. The molecule has 0 aliphatic rings. The lowest BCUT2D eigenvalue weighted by Crippen LogP contribution is -2.00. The minimum Gasteiger partial charge on any atom is -0.496 e. The van der Waals surface area contributed by atoms with Gasteiger partial charge in [-0.2, -0.15) is 0 Å². The first-order chi connectivity index (χ1) is 6.69. The van der Waals surface area contributed by atoms with E-state index in [1.807, 2.05) is 6.92 Å². The predicted octanol–water partition coefficient (Wildman–Crippen LogP) is 2.67. The molecule has 0 aliphatic carbocycles. The van der Waals surface area contributed by atoms with Crippen molar-refractivity contribution in [2.45, 2.75) is 25.9 Å². The molecule has 14 heavy (non-hydrogen) atoms. The maximum atomic E-state index is 12.9. The highest BCUT2D eigenvalue weighted by molar-refractivity contribution is 5.35. The van der Waals surface area contributed by atoms with Gasteiger partial charge in [-0.25, -0.2) is 4.39 Å². The summed E-state index contributed by atoms with van der Waals surface area (Å²) in [6.45, 7) is 1.97. The molecule has 0 saturated carbocycles. The zero-order valence-corrected chi connectivity index (χ0v) is 8.46. The first-order valence-electron chi connectivity index (χ1n) is 4.70. The standard InChI is InChI=1S/C11H15FO2/c1-3-4-10(13)9-7-8(12)5-6-11(9)14-2/h5-7,10,13H,3-4H2,1-2H3. The first-order valence-corrected chi connectivity index (χ1v) is 4.70. The molecule has 1 rings (SSSR count). The quantitative estimate of drug-likeness (QED) is 0.806. The minimum atomic E-state index is -0.648. The molecule has 0 amide bonds. The third-order valence-corrected chi connectivity index (χ3v) is 2.11. The van der Waals surface area contributed by atoms with Crippen molar-refractivity contribution in [3.8, 4) is 5.75 Å². The number of methoxy groups -OCH3 is 1. The highest BCUT2D eigenvalue weighted by atomic mass is 19.1. The number of ether oxygens (including phenoxy) is 1. The Kier molecular flexibility index (Phi) is 3.89. The first kappa shape index (κ1) is 11.0. The highest BCUT2D eigenvalue weighted by Gasteiger charge is 2.12. The molecule has 1 aromatic rings. The average molecular weight is 198 g/mol. The van der Waals surface area contributed by atoms with Crippen LogP contribution in [-0.2, 0) is 0 Å². The topological polar surface area (TPSA) is 29.5 Å². The molecule has 0 spiro atoms. The van der Waals surface area contributed by atoms with Crippen LogP contribution in [0.3, 0.4) is 0 Å². The molecule has 0 heterocycles. The summed E-state index contributed by atoms with van der Waals surface area (Å²) in [7, 11) is 1.51. The molecule has 1 N–H and O–H groups in total. The van der Waals surface area contributed by atoms with Crippen molar-refractivity contribution in [3.05, 3.63) is 29.6 Å². The molecular weight excluding hydrogens is 183 g/mol. The van der Waals surface area contributed by atoms with Gasteiger partial charge in [-0.05, 0) is 24.6 Å². The number of halogens is 1. The lowest BCUT2D eigenvalue weighted by molar-refractivity contribution is 0.162. The van der Waals surface area contributed by atoms with E-state index in [9.17, 15) is 9.50 Å². The van der Waals surface area contributed by atoms with E-state index in [0.717, 1.165) is 6.42 Å². The van der Waals surface area contributed by atoms with Crippen molar-refractivity contribution in [1.82, 2.24) is 0 Å². The Morgan fingerprint density at radius 1 is 1.50 bits per heavy atom. The van der Waals surface area contributed by atoms with Gasteiger partial charge in [0.15, 0.2) is 0 Å². The Bertz CT molecular complexity index is 299. The molecule has 2 nitrogen and oxygen atoms in total. The van der Waals surface area contributed by atoms with Gasteiger partial charge in [0, 0.05) is 5.56 Å². The fourth-order valence-electron chi connectivity index (χ4n) is 1.39. The van der Waals surface area contributed by atoms with Gasteiger partial charge in [-0.15, -0.1) is 0 Å². The van der Waals surface area contributed by atoms with Crippen LogP contribution in [0.5, 0.6) is 5.75 Å². The third kappa shape index (κ3) is 2.45. The van der Waals surface area contributed by atoms with E-state index < -0.39 is 6.10 Å². The molecule has 78 valence electrons. The lowest BCUT2D eigenvalue weighted by atomic mass is 10.0. The van der Waals surface area contributed by atoms with E-state index in [4.69, 9.17) is 4.74 Å². The van der Waals surface area contributed by atoms with Crippen LogP contribution >= 0.6 is 0 Å². The highest BCUT2D eigenvalue weighted by Crippen LogP contribution is 2.28. The Hall–Kier alpha value is -1.09. The van der Waals surface area contributed by atoms with Gasteiger partial charge >= 0.3 is 0 Å². The summed E-state index contributed by atoms with van der Waals surface area (Å²) < 4.78 is 18.0. The van der Waals surface area contributed by atoms with E-state index in [1.54, 1.807) is 0 Å². The van der Waals surface area contributed by atoms with Crippen molar-refractivity contribution in [2.24, 2.45) is 0 Å². The molecule has 1 unspecified atom stereocenters. The number of aliphatic hydroxyl groups is 1. The van der Waals surface area contributed by atoms with Gasteiger partial charge in [-0.1, -0.05) is 13.3 Å². The number of rotatable bonds is 4. The third-order valence-electron chi connectivity index (χ3n) is 2.11. The summed E-state index contributed by atoms with van der Waals surface area (Å²) >= 11 is 0. The summed E-state index contributed by atoms with van der Waals surface area (Å²) in [5.74, 6) is 0.184. The van der Waals surface area contributed by atoms with Gasteiger partial charge in [0.05, 0.1) is 13.2 Å². The molecule has 1 atom stereocenters. The minimum absolute atomic E-state index is 0.351. The summed E-state index contributed by atoms with van der Waals surface area (Å²) in [5, 5.41) is 9.71. The van der Waals surface area contributed by atoms with Gasteiger partial charge in [0.25, 0.3) is 0 Å². The largest absolute Gasteiger partial charge is 0.496 e. The molecule has 0 aromatic heterocycles. The average Bonchev–Trinajstić information content (AvgIpc) is 2.18. The van der Waals surface area contributed by atoms with E-state index in [2.05, 4.69) is 0 Å². The molecule has 1 aromatic carbocycles. The number of benzene rings is 1. The molecule has 0 bridgehead atoms. The molecule has 0 fully saturated rings. The maximum Gasteiger partial charge on any atom is 0.124 e. The van der Waals surface area contributed by atoms with Crippen LogP contribution in [0, 0.1) is 5.82 Å². The number of hydrogen-bond acceptors (Lipinski definition) is 2. The van der Waals surface area contributed by atoms with Crippen molar-refractivity contribution >= 4 is 0 Å². The van der Waals surface area contributed by atoms with Crippen LogP contribution in [0.25, 0.3) is 0 Å². The molecule has 0 radical (unpaired) electrons. The van der Waals surface area contributed by atoms with Crippen LogP contribution in [0.1, 0.15) is 31.4 Å². The van der Waals surface area contributed by atoms with E-state index in [0.29, 0.717) is 17.7 Å². The second kappa shape index (κ2) is 4.96. The summed E-state index contributed by atoms with van der Waals surface area (Å²) in [6.07, 6.45) is 0.811. The lowest BCUT2D eigenvalue weighted by Gasteiger charge is -2.13. The van der Waals surface area contributed by atoms with Gasteiger partial charge in [0.1, 0.15) is 11.6 Å². The van der Waals surface area contributed by atoms with Gasteiger partial charge in [-0.3, -0.25) is 0 Å². The Balaban J connectivity index is 2.97. The summed E-state index contributed by atoms with van der Waals surface area (Å²) in [5.41, 5.74) is 0.523. The molecule has 3 heteroatoms.